The third-order valence-corrected chi connectivity index (χ3v) is 7.32. The summed E-state index contributed by atoms with van der Waals surface area (Å²) in [6.45, 7) is 2.59. The number of anilines is 1. The van der Waals surface area contributed by atoms with Crippen LogP contribution >= 0.6 is 0 Å². The summed E-state index contributed by atoms with van der Waals surface area (Å²) in [5.41, 5.74) is 0.607. The quantitative estimate of drug-likeness (QED) is 0.696. The van der Waals surface area contributed by atoms with Crippen LogP contribution < -0.4 is 10.6 Å². The molecule has 2 fully saturated rings. The van der Waals surface area contributed by atoms with E-state index in [0.717, 1.165) is 67.2 Å². The maximum absolute atomic E-state index is 13.1. The molecule has 1 aliphatic carbocycles. The van der Waals surface area contributed by atoms with Gasteiger partial charge in [-0.15, -0.1) is 10.2 Å². The van der Waals surface area contributed by atoms with E-state index in [-0.39, 0.29) is 18.4 Å². The molecule has 1 aromatic heterocycles. The topological polar surface area (TPSA) is 109 Å². The van der Waals surface area contributed by atoms with E-state index < -0.39 is 17.5 Å². The summed E-state index contributed by atoms with van der Waals surface area (Å²) in [5, 5.41) is 14.5. The number of rotatable bonds is 4. The molecule has 1 spiro atoms. The molecule has 2 unspecified atom stereocenters. The maximum atomic E-state index is 13.1. The number of hydrogen-bond donors (Lipinski definition) is 2. The number of aryl methyl sites for hydroxylation is 1. The zero-order valence-corrected chi connectivity index (χ0v) is 19.0. The van der Waals surface area contributed by atoms with Crippen LogP contribution in [0.25, 0.3) is 11.4 Å². The number of amides is 4. The van der Waals surface area contributed by atoms with Crippen LogP contribution in [0.5, 0.6) is 0 Å². The third-order valence-electron chi connectivity index (χ3n) is 7.32. The Morgan fingerprint density at radius 2 is 2.06 bits per heavy atom. The molecule has 1 aromatic carbocycles. The second-order valence-corrected chi connectivity index (χ2v) is 9.47. The van der Waals surface area contributed by atoms with Gasteiger partial charge in [0.2, 0.25) is 5.91 Å². The highest BCUT2D eigenvalue weighted by Gasteiger charge is 2.55. The van der Waals surface area contributed by atoms with Crippen molar-refractivity contribution in [3.63, 3.8) is 0 Å². The lowest BCUT2D eigenvalue weighted by Crippen LogP contribution is -2.54. The van der Waals surface area contributed by atoms with Crippen LogP contribution in [-0.4, -0.2) is 49.6 Å². The molecular weight excluding hydrogens is 420 g/mol. The van der Waals surface area contributed by atoms with Crippen LogP contribution in [-0.2, 0) is 22.6 Å². The smallest absolute Gasteiger partial charge is 0.325 e. The predicted molar refractivity (Wildman–Crippen MR) is 122 cm³/mol. The van der Waals surface area contributed by atoms with E-state index in [4.69, 9.17) is 0 Å². The molecule has 4 amide bonds. The van der Waals surface area contributed by atoms with E-state index >= 15 is 0 Å². The number of nitrogens with zero attached hydrogens (tertiary/aromatic N) is 4. The number of carbonyl (C=O) groups is 3. The van der Waals surface area contributed by atoms with E-state index in [1.165, 1.54) is 6.42 Å². The highest BCUT2D eigenvalue weighted by atomic mass is 16.2. The van der Waals surface area contributed by atoms with Crippen molar-refractivity contribution in [2.45, 2.75) is 70.4 Å². The van der Waals surface area contributed by atoms with Crippen molar-refractivity contribution in [3.05, 3.63) is 30.1 Å². The van der Waals surface area contributed by atoms with Crippen LogP contribution in [0.1, 0.15) is 57.7 Å². The second-order valence-electron chi connectivity index (χ2n) is 9.47. The monoisotopic (exact) mass is 450 g/mol. The molecule has 9 nitrogen and oxygen atoms in total. The highest BCUT2D eigenvalue weighted by molar-refractivity contribution is 6.10. The Bertz CT molecular complexity index is 1100. The van der Waals surface area contributed by atoms with Gasteiger partial charge in [-0.2, -0.15) is 0 Å². The number of nitrogens with one attached hydrogen (secondary N) is 2. The Balaban J connectivity index is 1.29. The lowest BCUT2D eigenvalue weighted by atomic mass is 9.73. The first-order chi connectivity index (χ1) is 16.0. The van der Waals surface area contributed by atoms with Gasteiger partial charge < -0.3 is 15.2 Å². The van der Waals surface area contributed by atoms with Gasteiger partial charge in [-0.05, 0) is 43.7 Å². The van der Waals surface area contributed by atoms with Crippen LogP contribution in [0.15, 0.2) is 24.3 Å². The molecule has 2 aliphatic heterocycles. The van der Waals surface area contributed by atoms with E-state index in [0.29, 0.717) is 12.1 Å². The summed E-state index contributed by atoms with van der Waals surface area (Å²) in [6.07, 6.45) is 7.80. The minimum Gasteiger partial charge on any atom is -0.325 e. The summed E-state index contributed by atoms with van der Waals surface area (Å²) in [7, 11) is 0. The normalized spacial score (nSPS) is 25.0. The summed E-state index contributed by atoms with van der Waals surface area (Å²) in [4.78, 5) is 39.5. The number of benzene rings is 1. The zero-order chi connectivity index (χ0) is 23.0. The second kappa shape index (κ2) is 8.61. The lowest BCUT2D eigenvalue weighted by Gasteiger charge is -2.36. The Morgan fingerprint density at radius 1 is 1.18 bits per heavy atom. The summed E-state index contributed by atoms with van der Waals surface area (Å²) < 4.78 is 2.16. The van der Waals surface area contributed by atoms with Crippen molar-refractivity contribution in [2.24, 2.45) is 5.92 Å². The van der Waals surface area contributed by atoms with Crippen molar-refractivity contribution in [2.75, 3.05) is 11.9 Å². The first-order valence-electron chi connectivity index (χ1n) is 11.9. The molecule has 5 rings (SSSR count). The molecule has 1 saturated heterocycles. The largest absolute Gasteiger partial charge is 0.325 e. The molecular formula is C24H30N6O3. The molecule has 0 radical (unpaired) electrons. The average molecular weight is 451 g/mol. The molecule has 1 saturated carbocycles. The molecule has 3 aliphatic rings. The van der Waals surface area contributed by atoms with Crippen molar-refractivity contribution in [1.82, 2.24) is 25.0 Å². The highest BCUT2D eigenvalue weighted by Crippen LogP contribution is 2.38. The Kier molecular flexibility index (Phi) is 5.64. The van der Waals surface area contributed by atoms with Gasteiger partial charge in [0.1, 0.15) is 17.9 Å². The van der Waals surface area contributed by atoms with Crippen LogP contribution in [0.2, 0.25) is 0 Å². The van der Waals surface area contributed by atoms with Gasteiger partial charge in [0.25, 0.3) is 5.91 Å². The van der Waals surface area contributed by atoms with E-state index in [2.05, 4.69) is 25.4 Å². The van der Waals surface area contributed by atoms with Crippen LogP contribution in [0, 0.1) is 5.92 Å². The first-order valence-corrected chi connectivity index (χ1v) is 11.9. The van der Waals surface area contributed by atoms with Crippen LogP contribution in [0.3, 0.4) is 0 Å². The number of carbonyl (C=O) groups excluding carboxylic acids is 3. The number of hydrogen-bond acceptors (Lipinski definition) is 5. The molecule has 2 atom stereocenters. The molecule has 2 N–H and O–H groups in total. The van der Waals surface area contributed by atoms with Crippen LogP contribution in [0.4, 0.5) is 10.5 Å². The van der Waals surface area contributed by atoms with Gasteiger partial charge in [-0.3, -0.25) is 14.5 Å². The van der Waals surface area contributed by atoms with Gasteiger partial charge in [0.15, 0.2) is 5.82 Å². The van der Waals surface area contributed by atoms with Crippen molar-refractivity contribution < 1.29 is 14.4 Å². The van der Waals surface area contributed by atoms with Gasteiger partial charge >= 0.3 is 6.03 Å². The van der Waals surface area contributed by atoms with Crippen molar-refractivity contribution in [3.8, 4) is 11.4 Å². The number of fused-ring (bicyclic) bond motifs is 1. The van der Waals surface area contributed by atoms with E-state index in [1.807, 2.05) is 25.1 Å². The minimum absolute atomic E-state index is 0.0609. The van der Waals surface area contributed by atoms with Crippen molar-refractivity contribution in [1.29, 1.82) is 0 Å². The maximum Gasteiger partial charge on any atom is 0.325 e. The van der Waals surface area contributed by atoms with Crippen molar-refractivity contribution >= 4 is 23.5 Å². The fourth-order valence-electron chi connectivity index (χ4n) is 5.42. The predicted octanol–water partition coefficient (Wildman–Crippen LogP) is 3.11. The standard InChI is InChI=1S/C24H30N6O3/c1-16-8-4-5-12-24(16)22(32)30(23(33)26-24)15-20(31)25-18-10-7-9-17(14-18)21-28-27-19-11-3-2-6-13-29(19)21/h7,9-10,14,16H,2-6,8,11-13,15H2,1H3,(H,25,31)(H,26,33). The van der Waals surface area contributed by atoms with Gasteiger partial charge in [-0.1, -0.05) is 38.3 Å². The van der Waals surface area contributed by atoms with E-state index in [9.17, 15) is 14.4 Å². The number of urea groups is 1. The molecule has 9 heteroatoms. The molecule has 174 valence electrons. The Hall–Kier alpha value is -3.23. The summed E-state index contributed by atoms with van der Waals surface area (Å²) in [5.74, 6) is 1.17. The average Bonchev–Trinajstić information content (AvgIpc) is 3.19. The van der Waals surface area contributed by atoms with Gasteiger partial charge in [0, 0.05) is 24.2 Å². The number of aromatic nitrogens is 3. The summed E-state index contributed by atoms with van der Waals surface area (Å²) >= 11 is 0. The zero-order valence-electron chi connectivity index (χ0n) is 19.0. The number of imide groups is 1. The van der Waals surface area contributed by atoms with Gasteiger partial charge in [0.05, 0.1) is 0 Å². The Labute approximate surface area is 192 Å². The van der Waals surface area contributed by atoms with Gasteiger partial charge in [-0.25, -0.2) is 4.79 Å². The lowest BCUT2D eigenvalue weighted by molar-refractivity contribution is -0.136. The fourth-order valence-corrected chi connectivity index (χ4v) is 5.42. The Morgan fingerprint density at radius 3 is 2.91 bits per heavy atom. The molecule has 2 aromatic rings. The molecule has 33 heavy (non-hydrogen) atoms. The molecule has 0 bridgehead atoms. The molecule has 3 heterocycles. The summed E-state index contributed by atoms with van der Waals surface area (Å²) in [6, 6.07) is 6.97. The SMILES string of the molecule is CC1CCCCC12NC(=O)N(CC(=O)Nc1cccc(-c3nnc4n3CCCCC4)c1)C2=O. The fraction of sp³-hybridized carbons (Fsp3) is 0.542. The first kappa shape index (κ1) is 21.6. The van der Waals surface area contributed by atoms with E-state index in [1.54, 1.807) is 6.07 Å². The minimum atomic E-state index is -0.860. The third kappa shape index (κ3) is 3.89.